The van der Waals surface area contributed by atoms with Gasteiger partial charge in [0.2, 0.25) is 5.09 Å². The fraction of sp³-hybridized carbons (Fsp3) is 0.643. The number of furan rings is 1. The highest BCUT2D eigenvalue weighted by atomic mass is 32.2. The molecule has 1 aromatic heterocycles. The summed E-state index contributed by atoms with van der Waals surface area (Å²) >= 11 is 0. The Kier molecular flexibility index (Phi) is 5.25. The molecule has 7 nitrogen and oxygen atoms in total. The molecule has 0 bridgehead atoms. The molecule has 2 heterocycles. The van der Waals surface area contributed by atoms with Gasteiger partial charge in [0.15, 0.2) is 0 Å². The topological polar surface area (TPSA) is 91.7 Å². The van der Waals surface area contributed by atoms with Crippen molar-refractivity contribution in [3.63, 3.8) is 0 Å². The van der Waals surface area contributed by atoms with Gasteiger partial charge in [-0.1, -0.05) is 0 Å². The highest BCUT2D eigenvalue weighted by Crippen LogP contribution is 2.23. The number of hydrogen-bond donors (Lipinski definition) is 2. The van der Waals surface area contributed by atoms with Gasteiger partial charge < -0.3 is 14.6 Å². The fourth-order valence-corrected chi connectivity index (χ4v) is 3.48. The molecule has 1 fully saturated rings. The zero-order valence-corrected chi connectivity index (χ0v) is 14.0. The first-order valence-electron chi connectivity index (χ1n) is 7.37. The summed E-state index contributed by atoms with van der Waals surface area (Å²) in [6, 6.07) is 1.31. The summed E-state index contributed by atoms with van der Waals surface area (Å²) in [6.07, 6.45) is 2.05. The van der Waals surface area contributed by atoms with Gasteiger partial charge in [0.1, 0.15) is 5.76 Å². The van der Waals surface area contributed by atoms with E-state index in [-0.39, 0.29) is 11.0 Å². The number of hydrogen-bond acceptors (Lipinski definition) is 5. The summed E-state index contributed by atoms with van der Waals surface area (Å²) in [4.78, 5) is 14.4. The van der Waals surface area contributed by atoms with Gasteiger partial charge in [-0.25, -0.2) is 13.1 Å². The quantitative estimate of drug-likeness (QED) is 0.824. The Morgan fingerprint density at radius 3 is 2.82 bits per heavy atom. The van der Waals surface area contributed by atoms with Crippen molar-refractivity contribution in [3.05, 3.63) is 17.4 Å². The second-order valence-corrected chi connectivity index (χ2v) is 7.38. The van der Waals surface area contributed by atoms with Gasteiger partial charge in [0, 0.05) is 19.2 Å². The van der Waals surface area contributed by atoms with Crippen LogP contribution in [0.25, 0.3) is 0 Å². The molecule has 0 saturated carbocycles. The van der Waals surface area contributed by atoms with Crippen LogP contribution < -0.4 is 10.0 Å². The summed E-state index contributed by atoms with van der Waals surface area (Å²) < 4.78 is 31.0. The number of carbonyl (C=O) groups is 1. The van der Waals surface area contributed by atoms with Crippen molar-refractivity contribution in [2.24, 2.45) is 5.92 Å². The highest BCUT2D eigenvalue weighted by Gasteiger charge is 2.28. The zero-order chi connectivity index (χ0) is 16.3. The number of carbonyl (C=O) groups excluding carboxylic acids is 1. The first-order valence-corrected chi connectivity index (χ1v) is 8.85. The third kappa shape index (κ3) is 3.50. The van der Waals surface area contributed by atoms with E-state index in [1.807, 2.05) is 7.05 Å². The monoisotopic (exact) mass is 329 g/mol. The van der Waals surface area contributed by atoms with Gasteiger partial charge in [-0.3, -0.25) is 4.79 Å². The first-order chi connectivity index (χ1) is 10.4. The standard InChI is InChI=1S/C14H23N3O4S/c1-10-12(7-13(21-10)22(19,20)16-3)14(18)17-6-4-5-11(9-17)8-15-2/h7,11,15-16H,4-6,8-9H2,1-3H3. The number of aryl methyl sites for hydroxylation is 1. The minimum Gasteiger partial charge on any atom is -0.448 e. The molecule has 1 aliphatic heterocycles. The lowest BCUT2D eigenvalue weighted by Gasteiger charge is -2.32. The molecule has 1 atom stereocenters. The number of rotatable bonds is 5. The molecule has 0 aromatic carbocycles. The number of likely N-dealkylation sites (tertiary alicyclic amines) is 1. The van der Waals surface area contributed by atoms with E-state index in [4.69, 9.17) is 4.42 Å². The van der Waals surface area contributed by atoms with Crippen LogP contribution in [0.1, 0.15) is 29.0 Å². The lowest BCUT2D eigenvalue weighted by Crippen LogP contribution is -2.42. The second kappa shape index (κ2) is 6.80. The Morgan fingerprint density at radius 2 is 2.18 bits per heavy atom. The van der Waals surface area contributed by atoms with E-state index in [1.54, 1.807) is 11.8 Å². The van der Waals surface area contributed by atoms with Gasteiger partial charge in [-0.2, -0.15) is 0 Å². The number of nitrogens with one attached hydrogen (secondary N) is 2. The van der Waals surface area contributed by atoms with Crippen molar-refractivity contribution in [1.82, 2.24) is 14.9 Å². The Balaban J connectivity index is 2.19. The maximum absolute atomic E-state index is 12.6. The average Bonchev–Trinajstić information content (AvgIpc) is 2.90. The van der Waals surface area contributed by atoms with Gasteiger partial charge in [0.25, 0.3) is 15.9 Å². The molecule has 1 aromatic rings. The number of amides is 1. The molecule has 8 heteroatoms. The lowest BCUT2D eigenvalue weighted by atomic mass is 9.97. The Hall–Kier alpha value is -1.38. The van der Waals surface area contributed by atoms with Crippen LogP contribution >= 0.6 is 0 Å². The maximum Gasteiger partial charge on any atom is 0.273 e. The van der Waals surface area contributed by atoms with Crippen LogP contribution in [-0.4, -0.2) is 53.0 Å². The molecular weight excluding hydrogens is 306 g/mol. The van der Waals surface area contributed by atoms with Gasteiger partial charge in [-0.15, -0.1) is 0 Å². The Bertz CT molecular complexity index is 637. The van der Waals surface area contributed by atoms with E-state index in [2.05, 4.69) is 10.0 Å². The van der Waals surface area contributed by atoms with Crippen molar-refractivity contribution in [3.8, 4) is 0 Å². The van der Waals surface area contributed by atoms with Gasteiger partial charge in [-0.05, 0) is 46.3 Å². The number of sulfonamides is 1. The SMILES string of the molecule is CNCC1CCCN(C(=O)c2cc(S(=O)(=O)NC)oc2C)C1. The van der Waals surface area contributed by atoms with Crippen LogP contribution in [0.15, 0.2) is 15.6 Å². The third-order valence-corrected chi connectivity index (χ3v) is 5.23. The molecular formula is C14H23N3O4S. The molecule has 0 radical (unpaired) electrons. The Morgan fingerprint density at radius 1 is 1.45 bits per heavy atom. The van der Waals surface area contributed by atoms with Crippen LogP contribution in [0.5, 0.6) is 0 Å². The normalized spacial score (nSPS) is 19.4. The molecule has 1 unspecified atom stereocenters. The maximum atomic E-state index is 12.6. The van der Waals surface area contributed by atoms with Crippen molar-refractivity contribution < 1.29 is 17.6 Å². The predicted octanol–water partition coefficient (Wildman–Crippen LogP) is 0.568. The van der Waals surface area contributed by atoms with E-state index in [1.165, 1.54) is 13.1 Å². The van der Waals surface area contributed by atoms with Crippen molar-refractivity contribution in [2.45, 2.75) is 24.9 Å². The summed E-state index contributed by atoms with van der Waals surface area (Å²) in [5, 5.41) is 2.91. The molecule has 2 rings (SSSR count). The van der Waals surface area contributed by atoms with E-state index in [0.29, 0.717) is 30.3 Å². The molecule has 2 N–H and O–H groups in total. The number of piperidine rings is 1. The third-order valence-electron chi connectivity index (χ3n) is 3.96. The molecule has 1 aliphatic rings. The molecule has 0 spiro atoms. The van der Waals surface area contributed by atoms with Crippen molar-refractivity contribution in [1.29, 1.82) is 0 Å². The minimum absolute atomic E-state index is 0.167. The van der Waals surface area contributed by atoms with Gasteiger partial charge in [0.05, 0.1) is 5.56 Å². The Labute approximate surface area is 131 Å². The summed E-state index contributed by atoms with van der Waals surface area (Å²) in [5.41, 5.74) is 0.318. The van der Waals surface area contributed by atoms with Crippen LogP contribution in [0, 0.1) is 12.8 Å². The van der Waals surface area contributed by atoms with Crippen LogP contribution in [0.4, 0.5) is 0 Å². The summed E-state index contributed by atoms with van der Waals surface area (Å²) in [6.45, 7) is 3.85. The van der Waals surface area contributed by atoms with E-state index in [9.17, 15) is 13.2 Å². The summed E-state index contributed by atoms with van der Waals surface area (Å²) in [7, 11) is -0.475. The molecule has 0 aliphatic carbocycles. The predicted molar refractivity (Wildman–Crippen MR) is 82.2 cm³/mol. The van der Waals surface area contributed by atoms with E-state index < -0.39 is 10.0 Å². The average molecular weight is 329 g/mol. The molecule has 124 valence electrons. The minimum atomic E-state index is -3.68. The van der Waals surface area contributed by atoms with E-state index in [0.717, 1.165) is 19.4 Å². The van der Waals surface area contributed by atoms with Crippen molar-refractivity contribution in [2.75, 3.05) is 33.7 Å². The molecule has 1 amide bonds. The van der Waals surface area contributed by atoms with Gasteiger partial charge >= 0.3 is 0 Å². The molecule has 22 heavy (non-hydrogen) atoms. The van der Waals surface area contributed by atoms with Crippen molar-refractivity contribution >= 4 is 15.9 Å². The van der Waals surface area contributed by atoms with Crippen LogP contribution in [0.2, 0.25) is 0 Å². The van der Waals surface area contributed by atoms with E-state index >= 15 is 0 Å². The largest absolute Gasteiger partial charge is 0.448 e. The van der Waals surface area contributed by atoms with Crippen LogP contribution in [-0.2, 0) is 10.0 Å². The second-order valence-electron chi connectivity index (χ2n) is 5.56. The smallest absolute Gasteiger partial charge is 0.273 e. The molecule has 1 saturated heterocycles. The summed E-state index contributed by atoms with van der Waals surface area (Å²) in [5.74, 6) is 0.588. The first kappa shape index (κ1) is 17.0. The zero-order valence-electron chi connectivity index (χ0n) is 13.2. The van der Waals surface area contributed by atoms with Crippen LogP contribution in [0.3, 0.4) is 0 Å². The lowest BCUT2D eigenvalue weighted by molar-refractivity contribution is 0.0672. The highest BCUT2D eigenvalue weighted by molar-refractivity contribution is 7.89. The fourth-order valence-electron chi connectivity index (χ4n) is 2.78. The number of nitrogens with zero attached hydrogens (tertiary/aromatic N) is 1.